The predicted molar refractivity (Wildman–Crippen MR) is 76.6 cm³/mol. The van der Waals surface area contributed by atoms with Crippen LogP contribution in [-0.4, -0.2) is 22.6 Å². The first-order valence-corrected chi connectivity index (χ1v) is 6.76. The molecule has 0 saturated heterocycles. The van der Waals surface area contributed by atoms with E-state index in [2.05, 4.69) is 48.0 Å². The normalized spacial score (nSPS) is 12.3. The fourth-order valence-corrected chi connectivity index (χ4v) is 2.15. The minimum atomic E-state index is 0.464. The van der Waals surface area contributed by atoms with Crippen molar-refractivity contribution in [1.29, 1.82) is 0 Å². The maximum Gasteiger partial charge on any atom is 0.148 e. The summed E-state index contributed by atoms with van der Waals surface area (Å²) in [6.45, 7) is 9.65. The molecule has 3 N–H and O–H groups in total. The number of hydrogen-bond acceptors (Lipinski definition) is 5. The molecule has 0 aliphatic heterocycles. The van der Waals surface area contributed by atoms with Gasteiger partial charge in [-0.2, -0.15) is 0 Å². The zero-order chi connectivity index (χ0) is 13.5. The molecule has 0 bridgehead atoms. The first kappa shape index (κ1) is 14.7. The Morgan fingerprint density at radius 1 is 1.33 bits per heavy atom. The van der Waals surface area contributed by atoms with Crippen molar-refractivity contribution < 1.29 is 0 Å². The summed E-state index contributed by atoms with van der Waals surface area (Å²) in [5.41, 5.74) is 3.79. The third-order valence-electron chi connectivity index (χ3n) is 3.29. The van der Waals surface area contributed by atoms with Gasteiger partial charge in [0.05, 0.1) is 0 Å². The molecule has 18 heavy (non-hydrogen) atoms. The molecule has 0 radical (unpaired) electrons. The highest BCUT2D eigenvalue weighted by atomic mass is 15.3. The summed E-state index contributed by atoms with van der Waals surface area (Å²) in [4.78, 5) is 11.0. The summed E-state index contributed by atoms with van der Waals surface area (Å²) in [7, 11) is 0. The van der Waals surface area contributed by atoms with Crippen LogP contribution in [0.3, 0.4) is 0 Å². The highest BCUT2D eigenvalue weighted by molar-refractivity contribution is 5.58. The van der Waals surface area contributed by atoms with Gasteiger partial charge in [-0.05, 0) is 26.7 Å². The van der Waals surface area contributed by atoms with Crippen LogP contribution in [0.4, 0.5) is 11.6 Å². The van der Waals surface area contributed by atoms with Gasteiger partial charge in [0.1, 0.15) is 18.0 Å². The Morgan fingerprint density at radius 3 is 2.56 bits per heavy atom. The number of nitrogens with one attached hydrogen (secondary N) is 1. The molecule has 0 fully saturated rings. The molecular weight excluding hydrogens is 226 g/mol. The molecule has 1 unspecified atom stereocenters. The summed E-state index contributed by atoms with van der Waals surface area (Å²) in [6.07, 6.45) is 4.65. The third kappa shape index (κ3) is 3.10. The van der Waals surface area contributed by atoms with Crippen LogP contribution in [0.25, 0.3) is 0 Å². The van der Waals surface area contributed by atoms with Crippen LogP contribution < -0.4 is 16.2 Å². The lowest BCUT2D eigenvalue weighted by Gasteiger charge is -2.30. The number of nitrogen functional groups attached to an aromatic ring is 1. The zero-order valence-electron chi connectivity index (χ0n) is 11.9. The van der Waals surface area contributed by atoms with Crippen molar-refractivity contribution in [3.63, 3.8) is 0 Å². The summed E-state index contributed by atoms with van der Waals surface area (Å²) < 4.78 is 0. The van der Waals surface area contributed by atoms with E-state index in [1.807, 2.05) is 0 Å². The highest BCUT2D eigenvalue weighted by Gasteiger charge is 2.18. The van der Waals surface area contributed by atoms with Crippen LogP contribution >= 0.6 is 0 Å². The molecular formula is C13H25N5. The SMILES string of the molecule is CCCc1c(NN)ncnc1N(CC)C(C)CC. The van der Waals surface area contributed by atoms with Gasteiger partial charge in [-0.25, -0.2) is 15.8 Å². The lowest BCUT2D eigenvalue weighted by molar-refractivity contribution is 0.618. The van der Waals surface area contributed by atoms with E-state index in [1.165, 1.54) is 0 Å². The van der Waals surface area contributed by atoms with Gasteiger partial charge in [0.25, 0.3) is 0 Å². The molecule has 1 atom stereocenters. The number of hydrogen-bond donors (Lipinski definition) is 2. The molecule has 1 aromatic heterocycles. The molecule has 0 spiro atoms. The predicted octanol–water partition coefficient (Wildman–Crippen LogP) is 2.34. The highest BCUT2D eigenvalue weighted by Crippen LogP contribution is 2.26. The number of aromatic nitrogens is 2. The van der Waals surface area contributed by atoms with Crippen molar-refractivity contribution in [2.75, 3.05) is 16.9 Å². The smallest absolute Gasteiger partial charge is 0.148 e. The van der Waals surface area contributed by atoms with Crippen molar-refractivity contribution in [2.45, 2.75) is 53.0 Å². The molecule has 5 nitrogen and oxygen atoms in total. The van der Waals surface area contributed by atoms with E-state index in [1.54, 1.807) is 6.33 Å². The topological polar surface area (TPSA) is 67.1 Å². The van der Waals surface area contributed by atoms with Crippen molar-refractivity contribution in [3.8, 4) is 0 Å². The van der Waals surface area contributed by atoms with Crippen molar-refractivity contribution in [1.82, 2.24) is 9.97 Å². The van der Waals surface area contributed by atoms with Crippen LogP contribution in [0.1, 0.15) is 46.1 Å². The van der Waals surface area contributed by atoms with Gasteiger partial charge >= 0.3 is 0 Å². The van der Waals surface area contributed by atoms with Crippen LogP contribution in [0, 0.1) is 0 Å². The zero-order valence-corrected chi connectivity index (χ0v) is 11.9. The summed E-state index contributed by atoms with van der Waals surface area (Å²) in [5, 5.41) is 0. The van der Waals surface area contributed by atoms with E-state index in [-0.39, 0.29) is 0 Å². The Labute approximate surface area is 110 Å². The van der Waals surface area contributed by atoms with Gasteiger partial charge < -0.3 is 10.3 Å². The standard InChI is InChI=1S/C13H25N5/c1-5-8-11-12(17-14)15-9-16-13(11)18(7-3)10(4)6-2/h9-10H,5-8,14H2,1-4H3,(H,15,16,17). The Hall–Kier alpha value is -1.36. The van der Waals surface area contributed by atoms with E-state index in [9.17, 15) is 0 Å². The van der Waals surface area contributed by atoms with Gasteiger partial charge in [0, 0.05) is 18.2 Å². The number of rotatable bonds is 7. The Kier molecular flexibility index (Phi) is 5.85. The van der Waals surface area contributed by atoms with E-state index in [0.717, 1.165) is 43.0 Å². The van der Waals surface area contributed by atoms with Crippen molar-refractivity contribution in [2.24, 2.45) is 5.84 Å². The first-order valence-electron chi connectivity index (χ1n) is 6.76. The second-order valence-corrected chi connectivity index (χ2v) is 4.46. The van der Waals surface area contributed by atoms with Crippen LogP contribution in [-0.2, 0) is 6.42 Å². The molecule has 5 heteroatoms. The maximum absolute atomic E-state index is 5.54. The second-order valence-electron chi connectivity index (χ2n) is 4.46. The van der Waals surface area contributed by atoms with Gasteiger partial charge in [0.15, 0.2) is 0 Å². The third-order valence-corrected chi connectivity index (χ3v) is 3.29. The van der Waals surface area contributed by atoms with Gasteiger partial charge in [-0.15, -0.1) is 0 Å². The first-order chi connectivity index (χ1) is 8.69. The fourth-order valence-electron chi connectivity index (χ4n) is 2.15. The molecule has 0 amide bonds. The molecule has 1 rings (SSSR count). The fraction of sp³-hybridized carbons (Fsp3) is 0.692. The molecule has 102 valence electrons. The average Bonchev–Trinajstić information content (AvgIpc) is 2.41. The monoisotopic (exact) mass is 251 g/mol. The molecule has 1 aromatic rings. The summed E-state index contributed by atoms with van der Waals surface area (Å²) >= 11 is 0. The molecule has 1 heterocycles. The lowest BCUT2D eigenvalue weighted by atomic mass is 10.1. The largest absolute Gasteiger partial charge is 0.354 e. The van der Waals surface area contributed by atoms with E-state index >= 15 is 0 Å². The lowest BCUT2D eigenvalue weighted by Crippen LogP contribution is -2.34. The number of nitrogens with zero attached hydrogens (tertiary/aromatic N) is 3. The molecule has 0 aliphatic rings. The number of anilines is 2. The number of nitrogens with two attached hydrogens (primary N) is 1. The van der Waals surface area contributed by atoms with Gasteiger partial charge in [-0.3, -0.25) is 0 Å². The van der Waals surface area contributed by atoms with Crippen molar-refractivity contribution in [3.05, 3.63) is 11.9 Å². The minimum absolute atomic E-state index is 0.464. The number of hydrazine groups is 1. The summed E-state index contributed by atoms with van der Waals surface area (Å²) in [5.74, 6) is 7.29. The molecule has 0 aliphatic carbocycles. The Bertz CT molecular complexity index is 366. The quantitative estimate of drug-likeness (QED) is 0.575. The van der Waals surface area contributed by atoms with Crippen LogP contribution in [0.15, 0.2) is 6.33 Å². The van der Waals surface area contributed by atoms with Crippen LogP contribution in [0.2, 0.25) is 0 Å². The Morgan fingerprint density at radius 2 is 2.06 bits per heavy atom. The van der Waals surface area contributed by atoms with Gasteiger partial charge in [-0.1, -0.05) is 20.3 Å². The van der Waals surface area contributed by atoms with E-state index in [4.69, 9.17) is 5.84 Å². The summed E-state index contributed by atoms with van der Waals surface area (Å²) in [6, 6.07) is 0.464. The van der Waals surface area contributed by atoms with Crippen molar-refractivity contribution >= 4 is 11.6 Å². The van der Waals surface area contributed by atoms with Gasteiger partial charge in [0.2, 0.25) is 0 Å². The van der Waals surface area contributed by atoms with Crippen LogP contribution in [0.5, 0.6) is 0 Å². The molecule has 0 aromatic carbocycles. The minimum Gasteiger partial charge on any atom is -0.354 e. The maximum atomic E-state index is 5.54. The molecule has 0 saturated carbocycles. The van der Waals surface area contributed by atoms with E-state index < -0.39 is 0 Å². The average molecular weight is 251 g/mol. The van der Waals surface area contributed by atoms with E-state index in [0.29, 0.717) is 6.04 Å². The Balaban J connectivity index is 3.19. The second kappa shape index (κ2) is 7.16.